The van der Waals surface area contributed by atoms with E-state index in [9.17, 15) is 14.4 Å². The SMILES string of the molecule is CNC(=O)C(CCC=O)N1Cc2c(OCCCCCCOc3ccnc4ccccc34)cccc2C1=O. The molecule has 1 aliphatic rings. The van der Waals surface area contributed by atoms with Crippen LogP contribution in [0.15, 0.2) is 54.7 Å². The molecule has 1 atom stereocenters. The van der Waals surface area contributed by atoms with Crippen LogP contribution in [0.25, 0.3) is 10.9 Å². The van der Waals surface area contributed by atoms with Gasteiger partial charge in [0.15, 0.2) is 0 Å². The standard InChI is InChI=1S/C29H33N3O5/c1-30-28(34)25(13-9-17-33)32-20-23-21(29(32)35)11-8-14-26(23)36-18-6-2-3-7-19-37-27-15-16-31-24-12-5-4-10-22(24)27/h4-5,8,10-12,14-17,25H,2-3,6-7,9,13,18-20H2,1H3,(H,30,34). The van der Waals surface area contributed by atoms with Gasteiger partial charge in [0.05, 0.1) is 25.3 Å². The summed E-state index contributed by atoms with van der Waals surface area (Å²) in [6.45, 7) is 1.49. The number of rotatable bonds is 14. The third kappa shape index (κ3) is 6.25. The van der Waals surface area contributed by atoms with E-state index in [4.69, 9.17) is 9.47 Å². The molecule has 8 heteroatoms. The minimum absolute atomic E-state index is 0.207. The maximum absolute atomic E-state index is 13.0. The van der Waals surface area contributed by atoms with E-state index in [1.165, 1.54) is 11.9 Å². The fourth-order valence-corrected chi connectivity index (χ4v) is 4.65. The Morgan fingerprint density at radius 2 is 1.78 bits per heavy atom. The molecule has 0 fully saturated rings. The Kier molecular flexibility index (Phi) is 9.08. The number of hydrogen-bond acceptors (Lipinski definition) is 6. The number of hydrogen-bond donors (Lipinski definition) is 1. The highest BCUT2D eigenvalue weighted by Crippen LogP contribution is 2.33. The minimum Gasteiger partial charge on any atom is -0.493 e. The monoisotopic (exact) mass is 503 g/mol. The smallest absolute Gasteiger partial charge is 0.255 e. The number of amides is 2. The van der Waals surface area contributed by atoms with Crippen molar-refractivity contribution >= 4 is 29.0 Å². The van der Waals surface area contributed by atoms with Gasteiger partial charge in [0.2, 0.25) is 5.91 Å². The Bertz CT molecular complexity index is 1240. The molecule has 1 N–H and O–H groups in total. The maximum atomic E-state index is 13.0. The zero-order valence-electron chi connectivity index (χ0n) is 21.2. The molecule has 2 amide bonds. The molecule has 3 aromatic rings. The summed E-state index contributed by atoms with van der Waals surface area (Å²) in [5.74, 6) is 1.06. The quantitative estimate of drug-likeness (QED) is 0.260. The van der Waals surface area contributed by atoms with Gasteiger partial charge in [-0.05, 0) is 62.4 Å². The van der Waals surface area contributed by atoms with Crippen molar-refractivity contribution in [3.8, 4) is 11.5 Å². The zero-order chi connectivity index (χ0) is 26.0. The highest BCUT2D eigenvalue weighted by Gasteiger charge is 2.37. The first-order chi connectivity index (χ1) is 18.1. The molecule has 0 bridgehead atoms. The first kappa shape index (κ1) is 26.1. The molecule has 0 saturated carbocycles. The lowest BCUT2D eigenvalue weighted by molar-refractivity contribution is -0.125. The number of fused-ring (bicyclic) bond motifs is 2. The Hall–Kier alpha value is -3.94. The Balaban J connectivity index is 1.22. The largest absolute Gasteiger partial charge is 0.493 e. The molecule has 0 spiro atoms. The minimum atomic E-state index is -0.685. The van der Waals surface area contributed by atoms with Crippen molar-refractivity contribution < 1.29 is 23.9 Å². The van der Waals surface area contributed by atoms with Gasteiger partial charge in [0, 0.05) is 36.2 Å². The summed E-state index contributed by atoms with van der Waals surface area (Å²) < 4.78 is 12.0. The zero-order valence-corrected chi connectivity index (χ0v) is 21.2. The van der Waals surface area contributed by atoms with Crippen molar-refractivity contribution in [3.05, 3.63) is 65.9 Å². The number of aromatic nitrogens is 1. The lowest BCUT2D eigenvalue weighted by Gasteiger charge is -2.25. The predicted octanol–water partition coefficient (Wildman–Crippen LogP) is 4.30. The van der Waals surface area contributed by atoms with Gasteiger partial charge >= 0.3 is 0 Å². The third-order valence-electron chi connectivity index (χ3n) is 6.60. The maximum Gasteiger partial charge on any atom is 0.255 e. The third-order valence-corrected chi connectivity index (χ3v) is 6.60. The van der Waals surface area contributed by atoms with E-state index >= 15 is 0 Å². The van der Waals surface area contributed by atoms with Gasteiger partial charge in [-0.25, -0.2) is 0 Å². The van der Waals surface area contributed by atoms with Crippen molar-refractivity contribution in [1.29, 1.82) is 0 Å². The van der Waals surface area contributed by atoms with Crippen LogP contribution in [0.4, 0.5) is 0 Å². The first-order valence-electron chi connectivity index (χ1n) is 12.8. The average Bonchev–Trinajstić information content (AvgIpc) is 3.27. The fourth-order valence-electron chi connectivity index (χ4n) is 4.65. The molecule has 0 radical (unpaired) electrons. The predicted molar refractivity (Wildman–Crippen MR) is 141 cm³/mol. The van der Waals surface area contributed by atoms with Gasteiger partial charge in [-0.2, -0.15) is 0 Å². The molecule has 2 aromatic carbocycles. The number of pyridine rings is 1. The number of carbonyl (C=O) groups excluding carboxylic acids is 3. The van der Waals surface area contributed by atoms with Crippen LogP contribution in [0.5, 0.6) is 11.5 Å². The summed E-state index contributed by atoms with van der Waals surface area (Å²) in [5, 5.41) is 3.63. The van der Waals surface area contributed by atoms with Crippen molar-refractivity contribution in [2.45, 2.75) is 51.1 Å². The molecule has 0 saturated heterocycles. The number of aldehydes is 1. The molecule has 194 valence electrons. The highest BCUT2D eigenvalue weighted by atomic mass is 16.5. The number of unbranched alkanes of at least 4 members (excludes halogenated alkanes) is 3. The van der Waals surface area contributed by atoms with Crippen LogP contribution in [0.2, 0.25) is 0 Å². The first-order valence-corrected chi connectivity index (χ1v) is 12.8. The lowest BCUT2D eigenvalue weighted by Crippen LogP contribution is -2.46. The lowest BCUT2D eigenvalue weighted by atomic mass is 10.1. The summed E-state index contributed by atoms with van der Waals surface area (Å²) >= 11 is 0. The molecule has 37 heavy (non-hydrogen) atoms. The molecule has 0 aliphatic carbocycles. The van der Waals surface area contributed by atoms with Gasteiger partial charge in [-0.1, -0.05) is 18.2 Å². The van der Waals surface area contributed by atoms with Gasteiger partial charge < -0.3 is 24.5 Å². The Morgan fingerprint density at radius 1 is 1.03 bits per heavy atom. The van der Waals surface area contributed by atoms with Crippen molar-refractivity contribution in [3.63, 3.8) is 0 Å². The number of nitrogens with one attached hydrogen (secondary N) is 1. The number of ether oxygens (including phenoxy) is 2. The van der Waals surface area contributed by atoms with Gasteiger partial charge in [-0.3, -0.25) is 14.6 Å². The van der Waals surface area contributed by atoms with Crippen LogP contribution in [-0.2, 0) is 16.1 Å². The summed E-state index contributed by atoms with van der Waals surface area (Å²) in [5.41, 5.74) is 2.28. The van der Waals surface area contributed by atoms with E-state index in [2.05, 4.69) is 10.3 Å². The molecular weight excluding hydrogens is 470 g/mol. The molecule has 1 aromatic heterocycles. The molecule has 8 nitrogen and oxygen atoms in total. The average molecular weight is 504 g/mol. The summed E-state index contributed by atoms with van der Waals surface area (Å²) in [4.78, 5) is 42.2. The molecule has 1 aliphatic heterocycles. The van der Waals surface area contributed by atoms with E-state index < -0.39 is 6.04 Å². The van der Waals surface area contributed by atoms with Crippen LogP contribution in [0.1, 0.15) is 54.4 Å². The molecule has 2 heterocycles. The second-order valence-electron chi connectivity index (χ2n) is 9.03. The molecule has 1 unspecified atom stereocenters. The van der Waals surface area contributed by atoms with Crippen LogP contribution < -0.4 is 14.8 Å². The van der Waals surface area contributed by atoms with Gasteiger partial charge in [0.25, 0.3) is 5.91 Å². The van der Waals surface area contributed by atoms with Crippen LogP contribution in [0, 0.1) is 0 Å². The summed E-state index contributed by atoms with van der Waals surface area (Å²) in [7, 11) is 1.53. The van der Waals surface area contributed by atoms with Crippen molar-refractivity contribution in [2.75, 3.05) is 20.3 Å². The summed E-state index contributed by atoms with van der Waals surface area (Å²) in [6.07, 6.45) is 6.91. The van der Waals surface area contributed by atoms with Gasteiger partial charge in [-0.15, -0.1) is 0 Å². The van der Waals surface area contributed by atoms with E-state index in [0.717, 1.165) is 54.2 Å². The number of nitrogens with zero attached hydrogens (tertiary/aromatic N) is 2. The van der Waals surface area contributed by atoms with Crippen LogP contribution in [0.3, 0.4) is 0 Å². The highest BCUT2D eigenvalue weighted by molar-refractivity contribution is 6.01. The van der Waals surface area contributed by atoms with Crippen molar-refractivity contribution in [1.82, 2.24) is 15.2 Å². The second-order valence-corrected chi connectivity index (χ2v) is 9.03. The Morgan fingerprint density at radius 3 is 2.54 bits per heavy atom. The topological polar surface area (TPSA) is 97.8 Å². The van der Waals surface area contributed by atoms with Crippen molar-refractivity contribution in [2.24, 2.45) is 0 Å². The summed E-state index contributed by atoms with van der Waals surface area (Å²) in [6, 6.07) is 14.6. The molecular formula is C29H33N3O5. The Labute approximate surface area is 217 Å². The van der Waals surface area contributed by atoms with E-state index in [1.807, 2.05) is 36.4 Å². The number of carbonyl (C=O) groups is 3. The molecule has 4 rings (SSSR count). The van der Waals surface area contributed by atoms with Crippen LogP contribution in [-0.4, -0.2) is 54.3 Å². The van der Waals surface area contributed by atoms with E-state index in [-0.39, 0.29) is 18.2 Å². The van der Waals surface area contributed by atoms with E-state index in [1.54, 1.807) is 18.3 Å². The second kappa shape index (κ2) is 12.9. The number of para-hydroxylation sites is 1. The van der Waals surface area contributed by atoms with Gasteiger partial charge in [0.1, 0.15) is 23.8 Å². The normalized spacial score (nSPS) is 13.3. The van der Waals surface area contributed by atoms with E-state index in [0.29, 0.717) is 37.5 Å². The van der Waals surface area contributed by atoms with Crippen LogP contribution >= 0.6 is 0 Å². The fraction of sp³-hybridized carbons (Fsp3) is 0.379. The number of benzene rings is 2. The number of likely N-dealkylation sites (N-methyl/N-ethyl adjacent to an activating group) is 1.